The highest BCUT2D eigenvalue weighted by atomic mass is 19.1. The van der Waals surface area contributed by atoms with Gasteiger partial charge in [-0.15, -0.1) is 0 Å². The zero-order valence-corrected chi connectivity index (χ0v) is 18.9. The van der Waals surface area contributed by atoms with Crippen LogP contribution in [0.25, 0.3) is 0 Å². The summed E-state index contributed by atoms with van der Waals surface area (Å²) >= 11 is 0. The highest BCUT2D eigenvalue weighted by Crippen LogP contribution is 2.36. The SMILES string of the molecule is COc1cc(F)ccc1[C@@H](C)NC1CC[C@H](c2ccc(C(=O)NCCNC(C)=O)cc2)C1. The van der Waals surface area contributed by atoms with Gasteiger partial charge >= 0.3 is 0 Å². The van der Waals surface area contributed by atoms with E-state index in [-0.39, 0.29) is 23.7 Å². The van der Waals surface area contributed by atoms with Crippen LogP contribution in [0.4, 0.5) is 4.39 Å². The standard InChI is InChI=1S/C25H32FN3O3/c1-16(23-11-9-21(26)15-24(23)32-3)29-22-10-8-20(14-22)18-4-6-19(7-5-18)25(31)28-13-12-27-17(2)30/h4-7,9,11,15-16,20,22,29H,8,10,12-14H2,1-3H3,(H,27,30)(H,28,31)/t16-,20+,22?/m1/s1. The maximum atomic E-state index is 13.5. The second kappa shape index (κ2) is 11.1. The van der Waals surface area contributed by atoms with Gasteiger partial charge in [0, 0.05) is 49.3 Å². The highest BCUT2D eigenvalue weighted by Gasteiger charge is 2.27. The Balaban J connectivity index is 1.52. The summed E-state index contributed by atoms with van der Waals surface area (Å²) in [4.78, 5) is 23.1. The van der Waals surface area contributed by atoms with Crippen LogP contribution in [0.15, 0.2) is 42.5 Å². The molecule has 1 unspecified atom stereocenters. The molecular weight excluding hydrogens is 409 g/mol. The van der Waals surface area contributed by atoms with Crippen molar-refractivity contribution in [3.8, 4) is 5.75 Å². The summed E-state index contributed by atoms with van der Waals surface area (Å²) in [6.07, 6.45) is 3.15. The summed E-state index contributed by atoms with van der Waals surface area (Å²) < 4.78 is 18.8. The lowest BCUT2D eigenvalue weighted by Crippen LogP contribution is -2.33. The Labute approximate surface area is 188 Å². The van der Waals surface area contributed by atoms with Crippen molar-refractivity contribution in [3.63, 3.8) is 0 Å². The molecule has 32 heavy (non-hydrogen) atoms. The fourth-order valence-electron chi connectivity index (χ4n) is 4.34. The van der Waals surface area contributed by atoms with Crippen LogP contribution in [0.5, 0.6) is 5.75 Å². The van der Waals surface area contributed by atoms with Gasteiger partial charge in [-0.25, -0.2) is 4.39 Å². The molecule has 0 bridgehead atoms. The third-order valence-electron chi connectivity index (χ3n) is 6.01. The van der Waals surface area contributed by atoms with Gasteiger partial charge in [0.1, 0.15) is 11.6 Å². The van der Waals surface area contributed by atoms with Crippen molar-refractivity contribution in [1.82, 2.24) is 16.0 Å². The lowest BCUT2D eigenvalue weighted by atomic mass is 9.96. The van der Waals surface area contributed by atoms with E-state index in [0.717, 1.165) is 24.8 Å². The fraction of sp³-hybridized carbons (Fsp3) is 0.440. The molecule has 0 aliphatic heterocycles. The Hall–Kier alpha value is -2.93. The van der Waals surface area contributed by atoms with E-state index in [0.29, 0.717) is 36.4 Å². The molecule has 2 aromatic rings. The van der Waals surface area contributed by atoms with Crippen molar-refractivity contribution in [2.75, 3.05) is 20.2 Å². The molecule has 1 aliphatic carbocycles. The molecule has 1 fully saturated rings. The van der Waals surface area contributed by atoms with Crippen LogP contribution in [-0.4, -0.2) is 38.1 Å². The molecule has 1 saturated carbocycles. The van der Waals surface area contributed by atoms with E-state index in [2.05, 4.69) is 22.9 Å². The molecule has 7 heteroatoms. The van der Waals surface area contributed by atoms with Gasteiger partial charge in [0.05, 0.1) is 7.11 Å². The third-order valence-corrected chi connectivity index (χ3v) is 6.01. The number of carbonyl (C=O) groups is 2. The number of rotatable bonds is 9. The van der Waals surface area contributed by atoms with Crippen LogP contribution < -0.4 is 20.7 Å². The van der Waals surface area contributed by atoms with Gasteiger partial charge in [-0.05, 0) is 55.9 Å². The number of ether oxygens (including phenoxy) is 1. The average Bonchev–Trinajstić information content (AvgIpc) is 3.24. The lowest BCUT2D eigenvalue weighted by Gasteiger charge is -2.22. The third kappa shape index (κ3) is 6.29. The second-order valence-electron chi connectivity index (χ2n) is 8.34. The van der Waals surface area contributed by atoms with Crippen LogP contribution in [0, 0.1) is 5.82 Å². The van der Waals surface area contributed by atoms with Crippen molar-refractivity contribution < 1.29 is 18.7 Å². The summed E-state index contributed by atoms with van der Waals surface area (Å²) in [6.45, 7) is 4.33. The molecule has 172 valence electrons. The number of carbonyl (C=O) groups excluding carboxylic acids is 2. The number of benzene rings is 2. The zero-order valence-electron chi connectivity index (χ0n) is 18.9. The molecular formula is C25H32FN3O3. The summed E-state index contributed by atoms with van der Waals surface area (Å²) in [5.74, 6) is 0.440. The smallest absolute Gasteiger partial charge is 0.251 e. The fourth-order valence-corrected chi connectivity index (χ4v) is 4.34. The first-order chi connectivity index (χ1) is 15.4. The summed E-state index contributed by atoms with van der Waals surface area (Å²) in [6, 6.07) is 12.8. The molecule has 0 heterocycles. The Morgan fingerprint density at radius 3 is 2.50 bits per heavy atom. The summed E-state index contributed by atoms with van der Waals surface area (Å²) in [5.41, 5.74) is 2.80. The van der Waals surface area contributed by atoms with E-state index in [1.807, 2.05) is 24.3 Å². The molecule has 0 aromatic heterocycles. The van der Waals surface area contributed by atoms with Gasteiger partial charge in [-0.1, -0.05) is 18.2 Å². The van der Waals surface area contributed by atoms with Crippen molar-refractivity contribution in [2.45, 2.75) is 51.1 Å². The Morgan fingerprint density at radius 1 is 1.09 bits per heavy atom. The normalized spacial score (nSPS) is 18.8. The first-order valence-corrected chi connectivity index (χ1v) is 11.1. The summed E-state index contributed by atoms with van der Waals surface area (Å²) in [5, 5.41) is 9.11. The molecule has 6 nitrogen and oxygen atoms in total. The number of nitrogens with one attached hydrogen (secondary N) is 3. The maximum Gasteiger partial charge on any atom is 0.251 e. The summed E-state index contributed by atoms with van der Waals surface area (Å²) in [7, 11) is 1.56. The lowest BCUT2D eigenvalue weighted by molar-refractivity contribution is -0.118. The highest BCUT2D eigenvalue weighted by molar-refractivity contribution is 5.94. The van der Waals surface area contributed by atoms with Crippen LogP contribution in [0.2, 0.25) is 0 Å². The number of hydrogen-bond donors (Lipinski definition) is 3. The van der Waals surface area contributed by atoms with E-state index in [1.165, 1.54) is 24.6 Å². The van der Waals surface area contributed by atoms with E-state index < -0.39 is 0 Å². The van der Waals surface area contributed by atoms with Gasteiger partial charge in [0.25, 0.3) is 5.91 Å². The Kier molecular flexibility index (Phi) is 8.22. The average molecular weight is 442 g/mol. The molecule has 2 amide bonds. The van der Waals surface area contributed by atoms with E-state index in [1.54, 1.807) is 13.2 Å². The molecule has 0 spiro atoms. The minimum atomic E-state index is -0.302. The number of hydrogen-bond acceptors (Lipinski definition) is 4. The predicted octanol–water partition coefficient (Wildman–Crippen LogP) is 3.69. The number of amides is 2. The first kappa shape index (κ1) is 23.7. The monoisotopic (exact) mass is 441 g/mol. The Bertz CT molecular complexity index is 933. The van der Waals surface area contributed by atoms with Crippen LogP contribution in [0.3, 0.4) is 0 Å². The molecule has 3 rings (SSSR count). The van der Waals surface area contributed by atoms with Crippen LogP contribution in [-0.2, 0) is 4.79 Å². The van der Waals surface area contributed by atoms with Crippen molar-refractivity contribution in [2.24, 2.45) is 0 Å². The van der Waals surface area contributed by atoms with Crippen LogP contribution >= 0.6 is 0 Å². The van der Waals surface area contributed by atoms with E-state index in [9.17, 15) is 14.0 Å². The van der Waals surface area contributed by atoms with Crippen LogP contribution in [0.1, 0.15) is 66.6 Å². The molecule has 3 N–H and O–H groups in total. The molecule has 2 aromatic carbocycles. The maximum absolute atomic E-state index is 13.5. The molecule has 3 atom stereocenters. The van der Waals surface area contributed by atoms with Gasteiger partial charge in [-0.2, -0.15) is 0 Å². The molecule has 1 aliphatic rings. The van der Waals surface area contributed by atoms with E-state index in [4.69, 9.17) is 4.74 Å². The van der Waals surface area contributed by atoms with Gasteiger partial charge in [0.15, 0.2) is 0 Å². The predicted molar refractivity (Wildman–Crippen MR) is 122 cm³/mol. The molecule has 0 saturated heterocycles. The largest absolute Gasteiger partial charge is 0.496 e. The van der Waals surface area contributed by atoms with E-state index >= 15 is 0 Å². The zero-order chi connectivity index (χ0) is 23.1. The minimum absolute atomic E-state index is 0.0536. The minimum Gasteiger partial charge on any atom is -0.496 e. The van der Waals surface area contributed by atoms with Crippen molar-refractivity contribution in [3.05, 3.63) is 65.0 Å². The first-order valence-electron chi connectivity index (χ1n) is 11.1. The quantitative estimate of drug-likeness (QED) is 0.519. The topological polar surface area (TPSA) is 79.5 Å². The van der Waals surface area contributed by atoms with Gasteiger partial charge < -0.3 is 20.7 Å². The molecule has 0 radical (unpaired) electrons. The van der Waals surface area contributed by atoms with Crippen molar-refractivity contribution >= 4 is 11.8 Å². The van der Waals surface area contributed by atoms with Crippen molar-refractivity contribution in [1.29, 1.82) is 0 Å². The number of methoxy groups -OCH3 is 1. The van der Waals surface area contributed by atoms with Gasteiger partial charge in [0.2, 0.25) is 5.91 Å². The van der Waals surface area contributed by atoms with Gasteiger partial charge in [-0.3, -0.25) is 9.59 Å². The number of halogens is 1. The Morgan fingerprint density at radius 2 is 1.81 bits per heavy atom. The second-order valence-corrected chi connectivity index (χ2v) is 8.34.